The van der Waals surface area contributed by atoms with Crippen LogP contribution in [0.4, 0.5) is 5.69 Å². The van der Waals surface area contributed by atoms with Crippen molar-refractivity contribution >= 4 is 5.69 Å². The largest absolute Gasteiger partial charge is 0.375 e. The molecular formula is C19H25N3O. The molecule has 0 saturated carbocycles. The molecule has 0 spiro atoms. The number of aryl methyl sites for hydroxylation is 1. The normalized spacial score (nSPS) is 17.2. The van der Waals surface area contributed by atoms with E-state index in [-0.39, 0.29) is 6.10 Å². The smallest absolute Gasteiger partial charge is 0.0962 e. The Morgan fingerprint density at radius 2 is 1.87 bits per heavy atom. The van der Waals surface area contributed by atoms with E-state index in [1.807, 2.05) is 12.3 Å². The molecule has 1 aromatic heterocycles. The van der Waals surface area contributed by atoms with Gasteiger partial charge in [-0.25, -0.2) is 0 Å². The lowest BCUT2D eigenvalue weighted by molar-refractivity contribution is 0.0613. The Hall–Kier alpha value is -1.91. The second-order valence-corrected chi connectivity index (χ2v) is 6.08. The van der Waals surface area contributed by atoms with Gasteiger partial charge in [-0.05, 0) is 24.6 Å². The van der Waals surface area contributed by atoms with Gasteiger partial charge in [0.2, 0.25) is 0 Å². The van der Waals surface area contributed by atoms with Gasteiger partial charge in [-0.2, -0.15) is 0 Å². The number of para-hydroxylation sites is 1. The van der Waals surface area contributed by atoms with Crippen molar-refractivity contribution in [1.82, 2.24) is 9.88 Å². The third-order valence-corrected chi connectivity index (χ3v) is 4.59. The summed E-state index contributed by atoms with van der Waals surface area (Å²) < 4.78 is 5.67. The predicted octanol–water partition coefficient (Wildman–Crippen LogP) is 2.90. The maximum absolute atomic E-state index is 5.67. The SMILES string of the molecule is COC(CN1CCN(c2ccccc2C)CC1)c1cccnc1. The monoisotopic (exact) mass is 311 g/mol. The van der Waals surface area contributed by atoms with Crippen LogP contribution in [0.1, 0.15) is 17.2 Å². The summed E-state index contributed by atoms with van der Waals surface area (Å²) in [6.07, 6.45) is 3.79. The molecular weight excluding hydrogens is 286 g/mol. The number of piperazine rings is 1. The summed E-state index contributed by atoms with van der Waals surface area (Å²) in [7, 11) is 1.78. The predicted molar refractivity (Wildman–Crippen MR) is 93.8 cm³/mol. The first-order valence-corrected chi connectivity index (χ1v) is 8.23. The van der Waals surface area contributed by atoms with Crippen molar-refractivity contribution in [2.24, 2.45) is 0 Å². The van der Waals surface area contributed by atoms with Crippen LogP contribution in [0.3, 0.4) is 0 Å². The molecule has 0 amide bonds. The highest BCUT2D eigenvalue weighted by molar-refractivity contribution is 5.53. The number of nitrogens with zero attached hydrogens (tertiary/aromatic N) is 3. The van der Waals surface area contributed by atoms with Gasteiger partial charge in [0.25, 0.3) is 0 Å². The summed E-state index contributed by atoms with van der Waals surface area (Å²) in [5.41, 5.74) is 3.87. The Morgan fingerprint density at radius 3 is 2.52 bits per heavy atom. The molecule has 1 aliphatic heterocycles. The summed E-state index contributed by atoms with van der Waals surface area (Å²) in [5, 5.41) is 0. The van der Waals surface area contributed by atoms with E-state index in [1.165, 1.54) is 11.3 Å². The zero-order chi connectivity index (χ0) is 16.1. The molecule has 4 nitrogen and oxygen atoms in total. The van der Waals surface area contributed by atoms with Crippen LogP contribution < -0.4 is 4.90 Å². The molecule has 0 aliphatic carbocycles. The second-order valence-electron chi connectivity index (χ2n) is 6.08. The molecule has 2 aromatic rings. The fourth-order valence-electron chi connectivity index (χ4n) is 3.21. The minimum Gasteiger partial charge on any atom is -0.375 e. The Labute approximate surface area is 138 Å². The standard InChI is InChI=1S/C19H25N3O/c1-16-6-3-4-8-18(16)22-12-10-21(11-13-22)15-19(23-2)17-7-5-9-20-14-17/h3-9,14,19H,10-13,15H2,1-2H3. The molecule has 1 aromatic carbocycles. The quantitative estimate of drug-likeness (QED) is 0.849. The molecule has 4 heteroatoms. The number of anilines is 1. The summed E-state index contributed by atoms with van der Waals surface area (Å²) in [6, 6.07) is 12.7. The maximum Gasteiger partial charge on any atom is 0.0962 e. The van der Waals surface area contributed by atoms with Gasteiger partial charge in [0, 0.05) is 63.5 Å². The van der Waals surface area contributed by atoms with Crippen LogP contribution in [0, 0.1) is 6.92 Å². The van der Waals surface area contributed by atoms with Crippen molar-refractivity contribution in [3.63, 3.8) is 0 Å². The topological polar surface area (TPSA) is 28.6 Å². The maximum atomic E-state index is 5.67. The van der Waals surface area contributed by atoms with Crippen LogP contribution in [0.5, 0.6) is 0 Å². The van der Waals surface area contributed by atoms with Gasteiger partial charge < -0.3 is 9.64 Å². The van der Waals surface area contributed by atoms with Crippen molar-refractivity contribution < 1.29 is 4.74 Å². The molecule has 122 valence electrons. The Kier molecular flexibility index (Phi) is 5.26. The minimum atomic E-state index is 0.0914. The third kappa shape index (κ3) is 3.89. The van der Waals surface area contributed by atoms with Gasteiger partial charge in [-0.3, -0.25) is 9.88 Å². The number of benzene rings is 1. The van der Waals surface area contributed by atoms with E-state index in [2.05, 4.69) is 52.0 Å². The molecule has 1 unspecified atom stereocenters. The first-order chi connectivity index (χ1) is 11.3. The Morgan fingerprint density at radius 1 is 1.09 bits per heavy atom. The Bertz CT molecular complexity index is 609. The minimum absolute atomic E-state index is 0.0914. The van der Waals surface area contributed by atoms with Gasteiger partial charge in [0.05, 0.1) is 6.10 Å². The van der Waals surface area contributed by atoms with E-state index in [0.717, 1.165) is 38.3 Å². The van der Waals surface area contributed by atoms with Gasteiger partial charge >= 0.3 is 0 Å². The summed E-state index contributed by atoms with van der Waals surface area (Å²) >= 11 is 0. The first-order valence-electron chi connectivity index (χ1n) is 8.23. The van der Waals surface area contributed by atoms with Crippen LogP contribution >= 0.6 is 0 Å². The zero-order valence-electron chi connectivity index (χ0n) is 14.0. The molecule has 2 heterocycles. The molecule has 0 N–H and O–H groups in total. The molecule has 3 rings (SSSR count). The molecule has 0 radical (unpaired) electrons. The van der Waals surface area contributed by atoms with Gasteiger partial charge in [-0.1, -0.05) is 24.3 Å². The average Bonchev–Trinajstić information content (AvgIpc) is 2.61. The van der Waals surface area contributed by atoms with E-state index in [4.69, 9.17) is 4.74 Å². The van der Waals surface area contributed by atoms with E-state index >= 15 is 0 Å². The second kappa shape index (κ2) is 7.57. The van der Waals surface area contributed by atoms with Crippen LogP contribution in [0.2, 0.25) is 0 Å². The number of ether oxygens (including phenoxy) is 1. The highest BCUT2D eigenvalue weighted by Gasteiger charge is 2.21. The molecule has 0 bridgehead atoms. The average molecular weight is 311 g/mol. The molecule has 1 aliphatic rings. The highest BCUT2D eigenvalue weighted by Crippen LogP contribution is 2.22. The lowest BCUT2D eigenvalue weighted by Crippen LogP contribution is -2.47. The fourth-order valence-corrected chi connectivity index (χ4v) is 3.21. The molecule has 1 fully saturated rings. The van der Waals surface area contributed by atoms with E-state index in [0.29, 0.717) is 0 Å². The fraction of sp³-hybridized carbons (Fsp3) is 0.421. The van der Waals surface area contributed by atoms with E-state index < -0.39 is 0 Å². The summed E-state index contributed by atoms with van der Waals surface area (Å²) in [5.74, 6) is 0. The first kappa shape index (κ1) is 16.0. The molecule has 1 saturated heterocycles. The van der Waals surface area contributed by atoms with Gasteiger partial charge in [0.15, 0.2) is 0 Å². The highest BCUT2D eigenvalue weighted by atomic mass is 16.5. The summed E-state index contributed by atoms with van der Waals surface area (Å²) in [4.78, 5) is 9.17. The van der Waals surface area contributed by atoms with Crippen molar-refractivity contribution in [2.75, 3.05) is 44.7 Å². The lowest BCUT2D eigenvalue weighted by Gasteiger charge is -2.38. The van der Waals surface area contributed by atoms with Crippen molar-refractivity contribution in [3.8, 4) is 0 Å². The number of pyridine rings is 1. The molecule has 23 heavy (non-hydrogen) atoms. The number of hydrogen-bond donors (Lipinski definition) is 0. The van der Waals surface area contributed by atoms with E-state index in [1.54, 1.807) is 13.3 Å². The number of methoxy groups -OCH3 is 1. The van der Waals surface area contributed by atoms with Crippen LogP contribution in [0.25, 0.3) is 0 Å². The number of rotatable bonds is 5. The third-order valence-electron chi connectivity index (χ3n) is 4.59. The van der Waals surface area contributed by atoms with Crippen molar-refractivity contribution in [3.05, 3.63) is 59.9 Å². The van der Waals surface area contributed by atoms with Gasteiger partial charge in [0.1, 0.15) is 0 Å². The van der Waals surface area contributed by atoms with Crippen molar-refractivity contribution in [2.45, 2.75) is 13.0 Å². The molecule has 1 atom stereocenters. The van der Waals surface area contributed by atoms with Crippen LogP contribution in [0.15, 0.2) is 48.8 Å². The van der Waals surface area contributed by atoms with E-state index in [9.17, 15) is 0 Å². The van der Waals surface area contributed by atoms with Crippen LogP contribution in [-0.2, 0) is 4.74 Å². The number of hydrogen-bond acceptors (Lipinski definition) is 4. The summed E-state index contributed by atoms with van der Waals surface area (Å²) in [6.45, 7) is 7.36. The van der Waals surface area contributed by atoms with Crippen LogP contribution in [-0.4, -0.2) is 49.7 Å². The number of aromatic nitrogens is 1. The van der Waals surface area contributed by atoms with Gasteiger partial charge in [-0.15, -0.1) is 0 Å². The zero-order valence-corrected chi connectivity index (χ0v) is 14.0. The lowest BCUT2D eigenvalue weighted by atomic mass is 10.1. The van der Waals surface area contributed by atoms with Crippen molar-refractivity contribution in [1.29, 1.82) is 0 Å². The Balaban J connectivity index is 1.58.